The molecule has 0 aromatic carbocycles. The van der Waals surface area contributed by atoms with E-state index in [0.29, 0.717) is 12.0 Å². The van der Waals surface area contributed by atoms with Crippen molar-refractivity contribution in [1.29, 1.82) is 0 Å². The van der Waals surface area contributed by atoms with Crippen molar-refractivity contribution >= 4 is 16.7 Å². The van der Waals surface area contributed by atoms with E-state index in [4.69, 9.17) is 9.72 Å². The maximum absolute atomic E-state index is 5.60. The Bertz CT molecular complexity index is 904. The van der Waals surface area contributed by atoms with Crippen LogP contribution in [-0.4, -0.2) is 46.0 Å². The molecule has 2 aliphatic rings. The van der Waals surface area contributed by atoms with Gasteiger partial charge in [-0.3, -0.25) is 10.1 Å². The first kappa shape index (κ1) is 14.8. The average Bonchev–Trinajstić information content (AvgIpc) is 3.35. The van der Waals surface area contributed by atoms with E-state index in [-0.39, 0.29) is 0 Å². The number of nitrogens with zero attached hydrogens (tertiary/aromatic N) is 4. The number of aromatic nitrogens is 4. The molecule has 1 atom stereocenters. The molecule has 6 heteroatoms. The van der Waals surface area contributed by atoms with Crippen molar-refractivity contribution in [2.45, 2.75) is 31.7 Å². The topological polar surface area (TPSA) is 66.9 Å². The van der Waals surface area contributed by atoms with Crippen molar-refractivity contribution in [3.63, 3.8) is 0 Å². The molecule has 1 aliphatic heterocycles. The van der Waals surface area contributed by atoms with Crippen LogP contribution in [0.4, 0.5) is 5.82 Å². The number of rotatable bonds is 3. The molecule has 1 aliphatic carbocycles. The lowest BCUT2D eigenvalue weighted by molar-refractivity contribution is 0.0985. The molecule has 0 bridgehead atoms. The lowest BCUT2D eigenvalue weighted by Gasteiger charge is -2.34. The maximum atomic E-state index is 5.60. The van der Waals surface area contributed by atoms with E-state index in [9.17, 15) is 0 Å². The number of pyridine rings is 2. The van der Waals surface area contributed by atoms with Crippen LogP contribution in [0.5, 0.6) is 0 Å². The van der Waals surface area contributed by atoms with Gasteiger partial charge in [0.15, 0.2) is 0 Å². The number of hydrogen-bond acceptors (Lipinski definition) is 5. The van der Waals surface area contributed by atoms with E-state index in [2.05, 4.69) is 39.1 Å². The van der Waals surface area contributed by atoms with Gasteiger partial charge in [0, 0.05) is 24.3 Å². The van der Waals surface area contributed by atoms with Crippen LogP contribution in [0.1, 0.15) is 31.2 Å². The SMILES string of the molecule is CC1COCCN1c1cc(C2CC2)c2ccnc(-c3ccn[nH]3)c2n1. The Morgan fingerprint density at radius 2 is 2.16 bits per heavy atom. The third-order valence-corrected chi connectivity index (χ3v) is 5.18. The molecule has 0 radical (unpaired) electrons. The molecule has 2 fully saturated rings. The van der Waals surface area contributed by atoms with E-state index in [1.807, 2.05) is 12.3 Å². The number of H-pyrrole nitrogens is 1. The first-order valence-corrected chi connectivity index (χ1v) is 8.95. The zero-order valence-electron chi connectivity index (χ0n) is 14.3. The lowest BCUT2D eigenvalue weighted by atomic mass is 10.0. The van der Waals surface area contributed by atoms with Gasteiger partial charge in [-0.05, 0) is 49.4 Å². The Balaban J connectivity index is 1.72. The summed E-state index contributed by atoms with van der Waals surface area (Å²) in [6.07, 6.45) is 6.16. The van der Waals surface area contributed by atoms with Gasteiger partial charge in [0.05, 0.1) is 24.9 Å². The molecule has 5 rings (SSSR count). The molecule has 25 heavy (non-hydrogen) atoms. The molecule has 1 unspecified atom stereocenters. The molecule has 6 nitrogen and oxygen atoms in total. The van der Waals surface area contributed by atoms with Crippen molar-refractivity contribution in [2.24, 2.45) is 0 Å². The fraction of sp³-hybridized carbons (Fsp3) is 0.421. The summed E-state index contributed by atoms with van der Waals surface area (Å²) in [5, 5.41) is 8.33. The monoisotopic (exact) mass is 335 g/mol. The smallest absolute Gasteiger partial charge is 0.130 e. The fourth-order valence-electron chi connectivity index (χ4n) is 3.70. The van der Waals surface area contributed by atoms with Crippen molar-refractivity contribution < 1.29 is 4.74 Å². The first-order valence-electron chi connectivity index (χ1n) is 8.95. The average molecular weight is 335 g/mol. The van der Waals surface area contributed by atoms with Crippen LogP contribution >= 0.6 is 0 Å². The van der Waals surface area contributed by atoms with Crippen LogP contribution in [0.15, 0.2) is 30.6 Å². The normalized spacial score (nSPS) is 21.0. The molecule has 0 amide bonds. The Hall–Kier alpha value is -2.47. The highest BCUT2D eigenvalue weighted by Crippen LogP contribution is 2.45. The van der Waals surface area contributed by atoms with E-state index in [1.165, 1.54) is 23.8 Å². The van der Waals surface area contributed by atoms with Crippen molar-refractivity contribution in [1.82, 2.24) is 20.2 Å². The molecule has 0 spiro atoms. The van der Waals surface area contributed by atoms with E-state index < -0.39 is 0 Å². The Morgan fingerprint density at radius 1 is 1.24 bits per heavy atom. The Labute approximate surface area is 146 Å². The van der Waals surface area contributed by atoms with Crippen LogP contribution in [0, 0.1) is 0 Å². The molecule has 1 saturated carbocycles. The quantitative estimate of drug-likeness (QED) is 0.796. The van der Waals surface area contributed by atoms with Gasteiger partial charge in [0.25, 0.3) is 0 Å². The van der Waals surface area contributed by atoms with Crippen molar-refractivity contribution in [3.05, 3.63) is 36.2 Å². The van der Waals surface area contributed by atoms with Crippen LogP contribution in [0.25, 0.3) is 22.3 Å². The van der Waals surface area contributed by atoms with Crippen LogP contribution in [-0.2, 0) is 4.74 Å². The van der Waals surface area contributed by atoms with Crippen LogP contribution in [0.2, 0.25) is 0 Å². The third-order valence-electron chi connectivity index (χ3n) is 5.18. The van der Waals surface area contributed by atoms with Gasteiger partial charge in [-0.25, -0.2) is 4.98 Å². The highest BCUT2D eigenvalue weighted by atomic mass is 16.5. The van der Waals surface area contributed by atoms with Gasteiger partial charge < -0.3 is 9.64 Å². The van der Waals surface area contributed by atoms with Gasteiger partial charge in [-0.15, -0.1) is 0 Å². The number of nitrogens with one attached hydrogen (secondary N) is 1. The lowest BCUT2D eigenvalue weighted by Crippen LogP contribution is -2.44. The second kappa shape index (κ2) is 5.81. The largest absolute Gasteiger partial charge is 0.377 e. The summed E-state index contributed by atoms with van der Waals surface area (Å²) in [5.41, 5.74) is 4.15. The predicted molar refractivity (Wildman–Crippen MR) is 96.7 cm³/mol. The number of anilines is 1. The predicted octanol–water partition coefficient (Wildman–Crippen LogP) is 3.12. The number of aromatic amines is 1. The molecule has 1 saturated heterocycles. The highest BCUT2D eigenvalue weighted by Gasteiger charge is 2.29. The van der Waals surface area contributed by atoms with Crippen LogP contribution < -0.4 is 4.90 Å². The van der Waals surface area contributed by atoms with E-state index >= 15 is 0 Å². The van der Waals surface area contributed by atoms with E-state index in [0.717, 1.165) is 42.5 Å². The second-order valence-electron chi connectivity index (χ2n) is 6.99. The molecular weight excluding hydrogens is 314 g/mol. The summed E-state index contributed by atoms with van der Waals surface area (Å²) < 4.78 is 5.60. The number of ether oxygens (including phenoxy) is 1. The van der Waals surface area contributed by atoms with Gasteiger partial charge in [0.1, 0.15) is 17.0 Å². The second-order valence-corrected chi connectivity index (χ2v) is 6.99. The van der Waals surface area contributed by atoms with Crippen molar-refractivity contribution in [3.8, 4) is 11.4 Å². The summed E-state index contributed by atoms with van der Waals surface area (Å²) in [6.45, 7) is 4.58. The number of fused-ring (bicyclic) bond motifs is 1. The highest BCUT2D eigenvalue weighted by molar-refractivity contribution is 5.94. The van der Waals surface area contributed by atoms with Gasteiger partial charge in [-0.2, -0.15) is 5.10 Å². The van der Waals surface area contributed by atoms with Crippen molar-refractivity contribution in [2.75, 3.05) is 24.7 Å². The molecular formula is C19H21N5O. The third kappa shape index (κ3) is 2.57. The molecule has 1 N–H and O–H groups in total. The van der Waals surface area contributed by atoms with Gasteiger partial charge in [-0.1, -0.05) is 0 Å². The molecule has 4 heterocycles. The maximum Gasteiger partial charge on any atom is 0.130 e. The fourth-order valence-corrected chi connectivity index (χ4v) is 3.70. The van der Waals surface area contributed by atoms with Crippen LogP contribution in [0.3, 0.4) is 0 Å². The minimum atomic E-state index is 0.332. The van der Waals surface area contributed by atoms with E-state index in [1.54, 1.807) is 6.20 Å². The van der Waals surface area contributed by atoms with Gasteiger partial charge >= 0.3 is 0 Å². The Kier molecular flexibility index (Phi) is 3.45. The summed E-state index contributed by atoms with van der Waals surface area (Å²) in [4.78, 5) is 12.0. The summed E-state index contributed by atoms with van der Waals surface area (Å²) in [7, 11) is 0. The summed E-state index contributed by atoms with van der Waals surface area (Å²) in [6, 6.07) is 6.67. The first-order chi connectivity index (χ1) is 12.3. The molecule has 3 aromatic rings. The minimum Gasteiger partial charge on any atom is -0.377 e. The number of hydrogen-bond donors (Lipinski definition) is 1. The summed E-state index contributed by atoms with van der Waals surface area (Å²) in [5.74, 6) is 1.69. The molecule has 3 aromatic heterocycles. The summed E-state index contributed by atoms with van der Waals surface area (Å²) >= 11 is 0. The zero-order valence-corrected chi connectivity index (χ0v) is 14.3. The number of morpholine rings is 1. The standard InChI is InChI=1S/C19H21N5O/c1-12-11-25-9-8-24(12)17-10-15(13-2-3-13)14-4-6-20-19(18(14)22-17)16-5-7-21-23-16/h4-7,10,12-13H,2-3,8-9,11H2,1H3,(H,21,23). The molecule has 128 valence electrons. The minimum absolute atomic E-state index is 0.332. The Morgan fingerprint density at radius 3 is 2.92 bits per heavy atom. The zero-order chi connectivity index (χ0) is 16.8. The van der Waals surface area contributed by atoms with Gasteiger partial charge in [0.2, 0.25) is 0 Å².